The van der Waals surface area contributed by atoms with Crippen LogP contribution >= 0.6 is 0 Å². The minimum absolute atomic E-state index is 0. The average molecular weight is 685 g/mol. The Labute approximate surface area is 317 Å². The number of rotatable bonds is 10. The van der Waals surface area contributed by atoms with E-state index in [9.17, 15) is 38.9 Å². The van der Waals surface area contributed by atoms with Crippen molar-refractivity contribution >= 4 is 31.2 Å². The Morgan fingerprint density at radius 2 is 1.33 bits per heavy atom. The summed E-state index contributed by atoms with van der Waals surface area (Å²) in [5.41, 5.74) is -0.379. The second kappa shape index (κ2) is 15.9. The van der Waals surface area contributed by atoms with E-state index in [1.807, 2.05) is 0 Å². The van der Waals surface area contributed by atoms with Crippen molar-refractivity contribution in [1.29, 1.82) is 0 Å². The summed E-state index contributed by atoms with van der Waals surface area (Å²) in [7, 11) is -14.6. The normalized spacial score (nSPS) is 38.9. The van der Waals surface area contributed by atoms with E-state index in [0.717, 1.165) is 25.7 Å². The van der Waals surface area contributed by atoms with Gasteiger partial charge in [-0.25, -0.2) is 25.3 Å². The van der Waals surface area contributed by atoms with Crippen molar-refractivity contribution in [3.63, 3.8) is 0 Å². The Morgan fingerprint density at radius 1 is 0.762 bits per heavy atom. The van der Waals surface area contributed by atoms with Crippen molar-refractivity contribution in [3.8, 4) is 0 Å². The first-order valence-corrected chi connectivity index (χ1v) is 17.7. The summed E-state index contributed by atoms with van der Waals surface area (Å²) >= 11 is 0. The molecule has 0 aromatic heterocycles. The molecule has 228 valence electrons. The minimum Gasteiger partial charge on any atom is -0.726 e. The Balaban J connectivity index is 0.00000294. The maximum absolute atomic E-state index is 11.8. The molecular weight excluding hydrogens is 645 g/mol. The van der Waals surface area contributed by atoms with Crippen LogP contribution in [0.5, 0.6) is 0 Å². The second-order valence-electron chi connectivity index (χ2n) is 12.8. The van der Waals surface area contributed by atoms with Crippen LogP contribution in [0, 0.1) is 46.3 Å². The molecular formula is C24H39Na3O12S3. The molecule has 12 nitrogen and oxygen atoms in total. The van der Waals surface area contributed by atoms with Crippen LogP contribution in [0.1, 0.15) is 85.0 Å². The van der Waals surface area contributed by atoms with Crippen LogP contribution in [-0.2, 0) is 43.7 Å². The Kier molecular flexibility index (Phi) is 16.1. The topological polar surface area (TPSA) is 199 Å². The maximum Gasteiger partial charge on any atom is 1.00 e. The number of hydrogen-bond acceptors (Lipinski definition) is 12. The molecule has 0 N–H and O–H groups in total. The predicted molar refractivity (Wildman–Crippen MR) is 134 cm³/mol. The van der Waals surface area contributed by atoms with Crippen LogP contribution in [0.4, 0.5) is 0 Å². The van der Waals surface area contributed by atoms with E-state index in [1.54, 1.807) is 0 Å². The molecule has 4 fully saturated rings. The van der Waals surface area contributed by atoms with Crippen LogP contribution in [-0.4, -0.2) is 57.7 Å². The first-order valence-electron chi connectivity index (χ1n) is 13.7. The molecule has 0 amide bonds. The number of hydrogen-bond donors (Lipinski definition) is 0. The molecule has 0 spiro atoms. The van der Waals surface area contributed by atoms with E-state index in [0.29, 0.717) is 25.7 Å². The van der Waals surface area contributed by atoms with Gasteiger partial charge in [0.15, 0.2) is 0 Å². The van der Waals surface area contributed by atoms with E-state index in [-0.39, 0.29) is 154 Å². The molecule has 0 aliphatic heterocycles. The molecule has 18 heteroatoms. The van der Waals surface area contributed by atoms with Gasteiger partial charge in [0.2, 0.25) is 31.2 Å². The summed E-state index contributed by atoms with van der Waals surface area (Å²) in [5, 5.41) is 0. The van der Waals surface area contributed by atoms with Crippen molar-refractivity contribution in [2.24, 2.45) is 46.3 Å². The summed E-state index contributed by atoms with van der Waals surface area (Å²) in [6.07, 6.45) is 4.51. The molecule has 4 aliphatic carbocycles. The molecule has 0 bridgehead atoms. The molecule has 10 atom stereocenters. The second-order valence-corrected chi connectivity index (χ2v) is 15.8. The van der Waals surface area contributed by atoms with Gasteiger partial charge in [-0.05, 0) is 111 Å². The van der Waals surface area contributed by atoms with Crippen LogP contribution in [0.3, 0.4) is 0 Å². The molecule has 4 aliphatic rings. The summed E-state index contributed by atoms with van der Waals surface area (Å²) < 4.78 is 116. The van der Waals surface area contributed by atoms with Crippen LogP contribution < -0.4 is 88.7 Å². The summed E-state index contributed by atoms with van der Waals surface area (Å²) in [6, 6.07) is 0. The Morgan fingerprint density at radius 3 is 1.90 bits per heavy atom. The molecule has 4 rings (SSSR count). The van der Waals surface area contributed by atoms with Crippen LogP contribution in [0.25, 0.3) is 0 Å². The monoisotopic (exact) mass is 684 g/mol. The van der Waals surface area contributed by atoms with Gasteiger partial charge in [-0.1, -0.05) is 20.8 Å². The fourth-order valence-electron chi connectivity index (χ4n) is 9.41. The van der Waals surface area contributed by atoms with Crippen molar-refractivity contribution in [2.45, 2.75) is 97.2 Å². The van der Waals surface area contributed by atoms with Gasteiger partial charge in [0.25, 0.3) is 0 Å². The third-order valence-corrected chi connectivity index (χ3v) is 12.3. The van der Waals surface area contributed by atoms with Crippen LogP contribution in [0.2, 0.25) is 0 Å². The van der Waals surface area contributed by atoms with Gasteiger partial charge in [-0.3, -0.25) is 12.5 Å². The Hall–Kier alpha value is 2.61. The van der Waals surface area contributed by atoms with E-state index >= 15 is 0 Å². The zero-order valence-corrected chi connectivity index (χ0v) is 34.0. The molecule has 4 saturated carbocycles. The van der Waals surface area contributed by atoms with Gasteiger partial charge in [-0.2, -0.15) is 0 Å². The molecule has 0 aromatic carbocycles. The first kappa shape index (κ1) is 42.6. The first-order chi connectivity index (χ1) is 17.8. The van der Waals surface area contributed by atoms with Gasteiger partial charge in [0.05, 0.1) is 18.8 Å². The molecule has 0 unspecified atom stereocenters. The Bertz CT molecular complexity index is 1230. The van der Waals surface area contributed by atoms with Crippen LogP contribution in [0.15, 0.2) is 0 Å². The van der Waals surface area contributed by atoms with E-state index < -0.39 is 43.4 Å². The fraction of sp³-hybridized carbons (Fsp3) is 1.00. The quantitative estimate of drug-likeness (QED) is 0.0915. The zero-order chi connectivity index (χ0) is 29.0. The van der Waals surface area contributed by atoms with Gasteiger partial charge in [0, 0.05) is 0 Å². The van der Waals surface area contributed by atoms with Gasteiger partial charge >= 0.3 is 88.7 Å². The molecule has 0 radical (unpaired) electrons. The van der Waals surface area contributed by atoms with Crippen molar-refractivity contribution in [2.75, 3.05) is 6.61 Å². The smallest absolute Gasteiger partial charge is 0.726 e. The third-order valence-electron chi connectivity index (χ3n) is 10.9. The zero-order valence-electron chi connectivity index (χ0n) is 25.5. The van der Waals surface area contributed by atoms with E-state index in [1.165, 1.54) is 0 Å². The summed E-state index contributed by atoms with van der Waals surface area (Å²) in [4.78, 5) is 0. The van der Waals surface area contributed by atoms with Crippen molar-refractivity contribution in [1.82, 2.24) is 0 Å². The molecule has 0 saturated heterocycles. The number of fused-ring (bicyclic) bond motifs is 5. The van der Waals surface area contributed by atoms with E-state index in [4.69, 9.17) is 8.37 Å². The predicted octanol–water partition coefficient (Wildman–Crippen LogP) is -6.15. The largest absolute Gasteiger partial charge is 1.00 e. The molecule has 0 heterocycles. The van der Waals surface area contributed by atoms with Gasteiger partial charge in [-0.15, -0.1) is 0 Å². The molecule has 42 heavy (non-hydrogen) atoms. The summed E-state index contributed by atoms with van der Waals surface area (Å²) in [5.74, 6) is 0.349. The fourth-order valence-corrected chi connectivity index (χ4v) is 10.7. The third kappa shape index (κ3) is 10.1. The summed E-state index contributed by atoms with van der Waals surface area (Å²) in [6.45, 7) is 6.32. The SMILES string of the molecule is C[C@H](CCCOS(=O)(=O)[O-])[C@H]1CC[C@H]2[C@@H]3[C@@H](OS(=O)(=O)[O-])C[C@@H]4C[C@H](OS(=O)(=O)[O-])CC[C@]4(C)[C@H]3CC[C@]12C.[Na+].[Na+].[Na+]. The maximum atomic E-state index is 11.8. The minimum atomic E-state index is -5.00. The van der Waals surface area contributed by atoms with Gasteiger partial charge < -0.3 is 13.7 Å². The standard InChI is InChI=1S/C24H42O12S3.3Na/c1-15(5-4-12-34-37(25,26)27)18-6-7-19-22-20(9-11-24(18,19)3)23(2)10-8-17(35-38(28,29)30)13-16(23)14-21(22)36-39(31,32)33;;;/h15-22H,4-14H2,1-3H3,(H,25,26,27)(H,28,29,30)(H,31,32,33);;;/q;3*+1/p-3/t15-,16+,17-,18-,19+,20+,21+,22+,23+,24-;;;/m1.../s1. The van der Waals surface area contributed by atoms with Crippen molar-refractivity contribution in [3.05, 3.63) is 0 Å². The van der Waals surface area contributed by atoms with Crippen molar-refractivity contribution < 1.29 is 140 Å². The molecule has 0 aromatic rings. The van der Waals surface area contributed by atoms with Gasteiger partial charge in [0.1, 0.15) is 0 Å². The average Bonchev–Trinajstić information content (AvgIpc) is 3.12. The van der Waals surface area contributed by atoms with E-state index in [2.05, 4.69) is 25.0 Å².